The zero-order valence-corrected chi connectivity index (χ0v) is 23.5. The molecule has 7 atom stereocenters. The first-order valence-electron chi connectivity index (χ1n) is 13.6. The first-order chi connectivity index (χ1) is 19.6. The molecule has 1 aromatic rings. The number of nitrogens with zero attached hydrogens (tertiary/aromatic N) is 6. The fraction of sp³-hybridized carbons (Fsp3) is 0.667. The number of carbonyl (C=O) groups excluding carboxylic acids is 4. The number of aromatic nitrogens is 4. The Bertz CT molecular complexity index is 1260. The Balaban J connectivity index is 1.19. The van der Waals surface area contributed by atoms with Crippen LogP contribution in [0.1, 0.15) is 26.7 Å². The van der Waals surface area contributed by atoms with Crippen LogP contribution in [0.3, 0.4) is 0 Å². The number of nitrogens with one attached hydrogen (secondary N) is 3. The van der Waals surface area contributed by atoms with Gasteiger partial charge in [-0.3, -0.25) is 19.2 Å². The summed E-state index contributed by atoms with van der Waals surface area (Å²) in [6.07, 6.45) is 2.49. The lowest BCUT2D eigenvalue weighted by molar-refractivity contribution is -0.158. The lowest BCUT2D eigenvalue weighted by Crippen LogP contribution is -2.66. The van der Waals surface area contributed by atoms with Crippen LogP contribution in [-0.4, -0.2) is 120 Å². The van der Waals surface area contributed by atoms with Gasteiger partial charge in [-0.05, 0) is 30.2 Å². The van der Waals surface area contributed by atoms with Crippen molar-refractivity contribution in [2.75, 3.05) is 26.2 Å². The highest BCUT2D eigenvalue weighted by Crippen LogP contribution is 2.51. The van der Waals surface area contributed by atoms with Gasteiger partial charge >= 0.3 is 5.97 Å². The maximum atomic E-state index is 13.2. The lowest BCUT2D eigenvalue weighted by Gasteiger charge is -2.47. The number of fused-ring (bicyclic) bond motifs is 1. The summed E-state index contributed by atoms with van der Waals surface area (Å²) in [4.78, 5) is 66.3. The molecule has 4 amide bonds. The fourth-order valence-electron chi connectivity index (χ4n) is 6.23. The minimum Gasteiger partial charge on any atom is -0.477 e. The highest BCUT2D eigenvalue weighted by Gasteiger charge is 2.60. The van der Waals surface area contributed by atoms with Crippen molar-refractivity contribution >= 4 is 41.4 Å². The highest BCUT2D eigenvalue weighted by atomic mass is 32.2. The molecular formula is C24H34N10O6S. The maximum Gasteiger partial charge on any atom is 0.353 e. The smallest absolute Gasteiger partial charge is 0.353 e. The van der Waals surface area contributed by atoms with E-state index in [9.17, 15) is 29.1 Å². The molecule has 5 rings (SSSR count). The largest absolute Gasteiger partial charge is 0.477 e. The monoisotopic (exact) mass is 590 g/mol. The first-order valence-corrected chi connectivity index (χ1v) is 14.5. The average Bonchev–Trinajstić information content (AvgIpc) is 3.72. The van der Waals surface area contributed by atoms with Crippen LogP contribution in [0.2, 0.25) is 0 Å². The summed E-state index contributed by atoms with van der Waals surface area (Å²) in [7, 11) is 0. The van der Waals surface area contributed by atoms with Gasteiger partial charge in [0.15, 0.2) is 0 Å². The number of aliphatic carboxylic acids is 1. The third kappa shape index (κ3) is 5.65. The number of tetrazole rings is 1. The second-order valence-corrected chi connectivity index (χ2v) is 12.2. The van der Waals surface area contributed by atoms with Crippen molar-refractivity contribution in [1.29, 1.82) is 0 Å². The van der Waals surface area contributed by atoms with Gasteiger partial charge in [0.05, 0.1) is 24.5 Å². The molecule has 3 saturated heterocycles. The van der Waals surface area contributed by atoms with Gasteiger partial charge in [-0.25, -0.2) is 9.48 Å². The predicted molar refractivity (Wildman–Crippen MR) is 143 cm³/mol. The molecule has 41 heavy (non-hydrogen) atoms. The Morgan fingerprint density at radius 1 is 1.29 bits per heavy atom. The molecule has 1 aromatic heterocycles. The summed E-state index contributed by atoms with van der Waals surface area (Å²) in [5.74, 6) is -3.00. The Morgan fingerprint density at radius 2 is 2.07 bits per heavy atom. The number of β-lactam (4-membered cyclic amide) rings is 1. The van der Waals surface area contributed by atoms with Gasteiger partial charge in [0.1, 0.15) is 18.6 Å². The van der Waals surface area contributed by atoms with E-state index in [-0.39, 0.29) is 59.6 Å². The molecule has 4 aliphatic heterocycles. The average molecular weight is 591 g/mol. The molecule has 3 fully saturated rings. The van der Waals surface area contributed by atoms with Gasteiger partial charge in [0.25, 0.3) is 0 Å². The molecule has 0 saturated carbocycles. The SMILES string of the molecule is C[C@@H](NC(=O)Cn1cnnn1)[C@H]1C(=O)N2C(C(=O)O)=C(S[C@@H]3CN[C@H](C(=O)N4CC[C@@H](NC(=O)CN)C4)C3)[C@H](C)[C@H]12. The van der Waals surface area contributed by atoms with Gasteiger partial charge in [0, 0.05) is 47.8 Å². The van der Waals surface area contributed by atoms with Gasteiger partial charge in [-0.15, -0.1) is 16.9 Å². The number of amides is 4. The van der Waals surface area contributed by atoms with Crippen LogP contribution in [0.5, 0.6) is 0 Å². The van der Waals surface area contributed by atoms with Crippen molar-refractivity contribution in [2.45, 2.75) is 62.7 Å². The van der Waals surface area contributed by atoms with Crippen molar-refractivity contribution in [2.24, 2.45) is 17.6 Å². The second-order valence-electron chi connectivity index (χ2n) is 10.9. The lowest BCUT2D eigenvalue weighted by atomic mass is 9.78. The van der Waals surface area contributed by atoms with E-state index in [1.807, 2.05) is 6.92 Å². The van der Waals surface area contributed by atoms with Gasteiger partial charge < -0.3 is 36.6 Å². The second kappa shape index (κ2) is 11.7. The van der Waals surface area contributed by atoms with Crippen molar-refractivity contribution in [3.8, 4) is 0 Å². The van der Waals surface area contributed by atoms with Crippen LogP contribution >= 0.6 is 11.8 Å². The van der Waals surface area contributed by atoms with Crippen molar-refractivity contribution in [1.82, 2.24) is 46.0 Å². The third-order valence-electron chi connectivity index (χ3n) is 8.15. The molecule has 6 N–H and O–H groups in total. The number of carboxylic acid groups (broad SMARTS) is 1. The maximum absolute atomic E-state index is 13.2. The molecule has 4 aliphatic rings. The van der Waals surface area contributed by atoms with E-state index in [0.717, 1.165) is 0 Å². The number of thioether (sulfide) groups is 1. The summed E-state index contributed by atoms with van der Waals surface area (Å²) in [5, 5.41) is 29.5. The summed E-state index contributed by atoms with van der Waals surface area (Å²) in [5.41, 5.74) is 5.35. The summed E-state index contributed by atoms with van der Waals surface area (Å²) >= 11 is 1.40. The Hall–Kier alpha value is -3.57. The van der Waals surface area contributed by atoms with Crippen LogP contribution in [0.4, 0.5) is 0 Å². The van der Waals surface area contributed by atoms with E-state index in [2.05, 4.69) is 31.5 Å². The molecule has 0 unspecified atom stereocenters. The first kappa shape index (κ1) is 28.9. The van der Waals surface area contributed by atoms with E-state index in [4.69, 9.17) is 5.73 Å². The third-order valence-corrected chi connectivity index (χ3v) is 9.66. The normalized spacial score (nSPS) is 29.8. The quantitative estimate of drug-likeness (QED) is 0.173. The molecule has 222 valence electrons. The van der Waals surface area contributed by atoms with Gasteiger partial charge in [-0.1, -0.05) is 6.92 Å². The van der Waals surface area contributed by atoms with Crippen molar-refractivity contribution in [3.05, 3.63) is 16.9 Å². The van der Waals surface area contributed by atoms with Gasteiger partial charge in [0.2, 0.25) is 23.6 Å². The Labute approximate surface area is 239 Å². The molecule has 5 heterocycles. The standard InChI is InChI=1S/C24H34N10O6S/c1-11-19-18(12(2)28-17(36)9-33-10-27-30-31-33)23(38)34(19)20(24(39)40)21(11)41-14-5-15(26-7-14)22(37)32-4-3-13(8-32)29-16(35)6-25/h10-15,18-19,26H,3-9,25H2,1-2H3,(H,28,36)(H,29,35)(H,39,40)/t11-,12-,13-,14+,15+,18-,19-/m1/s1. The summed E-state index contributed by atoms with van der Waals surface area (Å²) in [6.45, 7) is 4.91. The number of hydrogen-bond acceptors (Lipinski definition) is 11. The molecule has 0 bridgehead atoms. The van der Waals surface area contributed by atoms with E-state index in [0.29, 0.717) is 37.4 Å². The molecule has 0 aliphatic carbocycles. The van der Waals surface area contributed by atoms with Crippen molar-refractivity contribution < 1.29 is 29.1 Å². The molecule has 16 nitrogen and oxygen atoms in total. The predicted octanol–water partition coefficient (Wildman–Crippen LogP) is -2.91. The van der Waals surface area contributed by atoms with Crippen molar-refractivity contribution in [3.63, 3.8) is 0 Å². The van der Waals surface area contributed by atoms with E-state index < -0.39 is 30.0 Å². The molecule has 0 aromatic carbocycles. The summed E-state index contributed by atoms with van der Waals surface area (Å²) in [6, 6.07) is -1.45. The van der Waals surface area contributed by atoms with Crippen LogP contribution < -0.4 is 21.7 Å². The van der Waals surface area contributed by atoms with E-state index in [1.165, 1.54) is 27.7 Å². The number of carbonyl (C=O) groups is 5. The highest BCUT2D eigenvalue weighted by molar-refractivity contribution is 8.03. The minimum absolute atomic E-state index is 0.0197. The molecule has 0 spiro atoms. The van der Waals surface area contributed by atoms with Crippen LogP contribution in [0.15, 0.2) is 16.9 Å². The number of likely N-dealkylation sites (tertiary alicyclic amines) is 1. The van der Waals surface area contributed by atoms with Gasteiger partial charge in [-0.2, -0.15) is 0 Å². The number of nitrogens with two attached hydrogens (primary N) is 1. The fourth-order valence-corrected chi connectivity index (χ4v) is 7.71. The Kier molecular flexibility index (Phi) is 8.28. The van der Waals surface area contributed by atoms with E-state index >= 15 is 0 Å². The minimum atomic E-state index is -1.18. The van der Waals surface area contributed by atoms with Crippen LogP contribution in [-0.2, 0) is 30.5 Å². The van der Waals surface area contributed by atoms with Crippen LogP contribution in [0.25, 0.3) is 0 Å². The van der Waals surface area contributed by atoms with E-state index in [1.54, 1.807) is 11.8 Å². The molecular weight excluding hydrogens is 556 g/mol. The van der Waals surface area contributed by atoms with Crippen LogP contribution in [0, 0.1) is 11.8 Å². The number of carboxylic acids is 1. The molecule has 0 radical (unpaired) electrons. The Morgan fingerprint density at radius 3 is 2.76 bits per heavy atom. The topological polar surface area (TPSA) is 218 Å². The zero-order chi connectivity index (χ0) is 29.4. The number of rotatable bonds is 10. The summed E-state index contributed by atoms with van der Waals surface area (Å²) < 4.78 is 1.27. The zero-order valence-electron chi connectivity index (χ0n) is 22.7. The number of hydrogen-bond donors (Lipinski definition) is 5. The molecule has 17 heteroatoms.